The lowest BCUT2D eigenvalue weighted by atomic mass is 10.0. The van der Waals surface area contributed by atoms with E-state index in [0.29, 0.717) is 0 Å². The highest BCUT2D eigenvalue weighted by molar-refractivity contribution is 8.76. The van der Waals surface area contributed by atoms with Gasteiger partial charge in [0.25, 0.3) is 0 Å². The van der Waals surface area contributed by atoms with Gasteiger partial charge in [0.15, 0.2) is 0 Å². The summed E-state index contributed by atoms with van der Waals surface area (Å²) in [5, 5.41) is 31.9. The van der Waals surface area contributed by atoms with E-state index >= 15 is 0 Å². The second kappa shape index (κ2) is 10.1. The van der Waals surface area contributed by atoms with E-state index in [4.69, 9.17) is 15.1 Å². The van der Waals surface area contributed by atoms with E-state index in [9.17, 15) is 0 Å². The van der Waals surface area contributed by atoms with Crippen LogP contribution in [0.15, 0.2) is 119 Å². The van der Waals surface area contributed by atoms with Crippen molar-refractivity contribution in [2.45, 2.75) is 9.79 Å². The molecule has 0 bridgehead atoms. The van der Waals surface area contributed by atoms with Crippen molar-refractivity contribution >= 4 is 72.0 Å². The minimum absolute atomic E-state index is 1.28. The zero-order valence-corrected chi connectivity index (χ0v) is 19.8. The molecule has 3 N–H and O–H groups in total. The molecule has 0 aliphatic carbocycles. The lowest BCUT2D eigenvalue weighted by molar-refractivity contribution is 0.278. The van der Waals surface area contributed by atoms with Crippen molar-refractivity contribution in [1.29, 1.82) is 0 Å². The molecule has 0 heterocycles. The predicted octanol–water partition coefficient (Wildman–Crippen LogP) is 7.05. The summed E-state index contributed by atoms with van der Waals surface area (Å²) in [6, 6.07) is 39.7. The van der Waals surface area contributed by atoms with Crippen molar-refractivity contribution in [2.75, 3.05) is 0 Å². The molecule has 0 atom stereocenters. The number of fused-ring (bicyclic) bond motifs is 4. The summed E-state index contributed by atoms with van der Waals surface area (Å²) in [6.45, 7) is 0. The van der Waals surface area contributed by atoms with Crippen LogP contribution in [0, 0.1) is 0 Å². The predicted molar refractivity (Wildman–Crippen MR) is 147 cm³/mol. The molecule has 0 radical (unpaired) electrons. The van der Waals surface area contributed by atoms with Crippen LogP contribution >= 0.6 is 21.6 Å². The van der Waals surface area contributed by atoms with Gasteiger partial charge >= 0.3 is 7.32 Å². The molecule has 3 nitrogen and oxygen atoms in total. The van der Waals surface area contributed by atoms with E-state index in [1.165, 1.54) is 52.9 Å². The number of hydrogen-bond donors (Lipinski definition) is 3. The molecule has 0 aliphatic heterocycles. The molecule has 6 heteroatoms. The van der Waals surface area contributed by atoms with E-state index in [0.717, 1.165) is 0 Å². The van der Waals surface area contributed by atoms with E-state index in [-0.39, 0.29) is 0 Å². The van der Waals surface area contributed by atoms with Gasteiger partial charge in [0.1, 0.15) is 0 Å². The molecule has 0 saturated heterocycles. The highest BCUT2D eigenvalue weighted by Crippen LogP contribution is 2.42. The third kappa shape index (κ3) is 5.07. The fraction of sp³-hybridized carbons (Fsp3) is 0. The van der Waals surface area contributed by atoms with Crippen LogP contribution in [0.4, 0.5) is 0 Å². The molecule has 166 valence electrons. The van der Waals surface area contributed by atoms with E-state index < -0.39 is 7.32 Å². The molecular weight excluding hydrogens is 459 g/mol. The van der Waals surface area contributed by atoms with Gasteiger partial charge in [0.2, 0.25) is 0 Å². The molecule has 6 aromatic carbocycles. The summed E-state index contributed by atoms with van der Waals surface area (Å²) < 4.78 is 0. The van der Waals surface area contributed by atoms with Gasteiger partial charge in [0.05, 0.1) is 0 Å². The average molecular weight is 480 g/mol. The van der Waals surface area contributed by atoms with Crippen molar-refractivity contribution in [3.8, 4) is 0 Å². The van der Waals surface area contributed by atoms with Gasteiger partial charge in [0, 0.05) is 9.79 Å². The first kappa shape index (κ1) is 22.8. The smallest absolute Gasteiger partial charge is 0.402 e. The highest BCUT2D eigenvalue weighted by atomic mass is 33.1. The van der Waals surface area contributed by atoms with E-state index in [1.54, 1.807) is 0 Å². The topological polar surface area (TPSA) is 60.7 Å². The molecule has 0 aromatic heterocycles. The van der Waals surface area contributed by atoms with Crippen molar-refractivity contribution < 1.29 is 15.1 Å². The normalized spacial score (nSPS) is 11.0. The molecular formula is C28H21BO3S2. The van der Waals surface area contributed by atoms with Gasteiger partial charge < -0.3 is 15.1 Å². The van der Waals surface area contributed by atoms with Gasteiger partial charge in [-0.3, -0.25) is 0 Å². The fourth-order valence-corrected chi connectivity index (χ4v) is 6.26. The Bertz CT molecular complexity index is 1620. The SMILES string of the molecule is OB(O)O.c1ccc2cc3cc(SSc4cccc5cc6ccccc6cc45)ccc3cc2c1. The Morgan fingerprint density at radius 3 is 1.59 bits per heavy atom. The number of benzene rings is 6. The Morgan fingerprint density at radius 1 is 0.441 bits per heavy atom. The van der Waals surface area contributed by atoms with Crippen LogP contribution in [0.5, 0.6) is 0 Å². The lowest BCUT2D eigenvalue weighted by Gasteiger charge is -2.09. The number of hydrogen-bond acceptors (Lipinski definition) is 5. The summed E-state index contributed by atoms with van der Waals surface area (Å²) in [5.74, 6) is 0. The Kier molecular flexibility index (Phi) is 6.76. The molecule has 0 saturated carbocycles. The quantitative estimate of drug-likeness (QED) is 0.144. The molecule has 0 amide bonds. The molecule has 0 aliphatic rings. The maximum absolute atomic E-state index is 7.17. The van der Waals surface area contributed by atoms with Gasteiger partial charge in [-0.15, -0.1) is 0 Å². The molecule has 0 spiro atoms. The molecule has 6 aromatic rings. The Balaban J connectivity index is 0.000000560. The Hall–Kier alpha value is -3.00. The summed E-state index contributed by atoms with van der Waals surface area (Å²) in [6.07, 6.45) is 0. The van der Waals surface area contributed by atoms with Crippen molar-refractivity contribution in [3.63, 3.8) is 0 Å². The third-order valence-corrected chi connectivity index (χ3v) is 8.04. The third-order valence-electron chi connectivity index (χ3n) is 5.61. The lowest BCUT2D eigenvalue weighted by Crippen LogP contribution is -2.07. The van der Waals surface area contributed by atoms with Gasteiger partial charge in [-0.2, -0.15) is 0 Å². The monoisotopic (exact) mass is 480 g/mol. The Labute approximate surface area is 205 Å². The maximum Gasteiger partial charge on any atom is 0.631 e. The van der Waals surface area contributed by atoms with Gasteiger partial charge in [-0.25, -0.2) is 0 Å². The second-order valence-corrected chi connectivity index (χ2v) is 10.1. The number of rotatable bonds is 3. The molecule has 6 rings (SSSR count). The molecule has 34 heavy (non-hydrogen) atoms. The second-order valence-electron chi connectivity index (χ2n) is 7.90. The minimum atomic E-state index is -2.17. The Morgan fingerprint density at radius 2 is 0.941 bits per heavy atom. The van der Waals surface area contributed by atoms with Gasteiger partial charge in [-0.05, 0) is 85.6 Å². The zero-order chi connectivity index (χ0) is 23.5. The minimum Gasteiger partial charge on any atom is -0.402 e. The van der Waals surface area contributed by atoms with Crippen molar-refractivity contribution in [2.24, 2.45) is 0 Å². The van der Waals surface area contributed by atoms with Crippen LogP contribution < -0.4 is 0 Å². The van der Waals surface area contributed by atoms with Crippen molar-refractivity contribution in [3.05, 3.63) is 109 Å². The van der Waals surface area contributed by atoms with Crippen LogP contribution in [-0.4, -0.2) is 22.4 Å². The zero-order valence-electron chi connectivity index (χ0n) is 18.1. The molecule has 0 fully saturated rings. The first-order valence-electron chi connectivity index (χ1n) is 10.8. The average Bonchev–Trinajstić information content (AvgIpc) is 2.84. The fourth-order valence-electron chi connectivity index (χ4n) is 4.07. The van der Waals surface area contributed by atoms with Gasteiger partial charge in [-0.1, -0.05) is 88.3 Å². The summed E-state index contributed by atoms with van der Waals surface area (Å²) in [7, 11) is 1.50. The first-order valence-corrected chi connectivity index (χ1v) is 12.9. The molecule has 0 unspecified atom stereocenters. The van der Waals surface area contributed by atoms with E-state index in [2.05, 4.69) is 109 Å². The standard InChI is InChI=1S/C28H18S2.BH3O3/c1-2-8-21-16-25-17-26(13-12-23(25)14-19(21)6-1)29-30-28-11-5-10-24-15-20-7-3-4-9-22(20)18-27(24)28;2-1(3)4/h1-18H;2-4H. The van der Waals surface area contributed by atoms with Crippen molar-refractivity contribution in [1.82, 2.24) is 0 Å². The first-order chi connectivity index (χ1) is 16.6. The summed E-state index contributed by atoms with van der Waals surface area (Å²) in [5.41, 5.74) is 0. The van der Waals surface area contributed by atoms with Crippen LogP contribution in [0.3, 0.4) is 0 Å². The largest absolute Gasteiger partial charge is 0.631 e. The maximum atomic E-state index is 7.17. The van der Waals surface area contributed by atoms with Crippen LogP contribution in [0.2, 0.25) is 0 Å². The van der Waals surface area contributed by atoms with E-state index in [1.807, 2.05) is 21.6 Å². The summed E-state index contributed by atoms with van der Waals surface area (Å²) >= 11 is 0. The highest BCUT2D eigenvalue weighted by Gasteiger charge is 2.06. The van der Waals surface area contributed by atoms with Crippen LogP contribution in [0.1, 0.15) is 0 Å². The van der Waals surface area contributed by atoms with Crippen LogP contribution in [0.25, 0.3) is 43.1 Å². The summed E-state index contributed by atoms with van der Waals surface area (Å²) in [4.78, 5) is 2.59. The van der Waals surface area contributed by atoms with Crippen LogP contribution in [-0.2, 0) is 0 Å².